The lowest BCUT2D eigenvalue weighted by atomic mass is 9.61. The Morgan fingerprint density at radius 3 is 2.35 bits per heavy atom. The molecular formula is C15H27ClO3S. The highest BCUT2D eigenvalue weighted by Crippen LogP contribution is 2.52. The Kier molecular flexibility index (Phi) is 4.78. The van der Waals surface area contributed by atoms with Crippen molar-refractivity contribution in [2.24, 2.45) is 16.7 Å². The largest absolute Gasteiger partial charge is 0.377 e. The summed E-state index contributed by atoms with van der Waals surface area (Å²) in [6.45, 7) is 7.63. The quantitative estimate of drug-likeness (QED) is 0.736. The van der Waals surface area contributed by atoms with E-state index in [1.807, 2.05) is 0 Å². The molecule has 118 valence electrons. The molecule has 2 aliphatic rings. The molecule has 0 bridgehead atoms. The van der Waals surface area contributed by atoms with Crippen molar-refractivity contribution in [3.63, 3.8) is 0 Å². The zero-order valence-electron chi connectivity index (χ0n) is 12.8. The van der Waals surface area contributed by atoms with Gasteiger partial charge in [-0.2, -0.15) is 0 Å². The maximum absolute atomic E-state index is 11.4. The zero-order chi connectivity index (χ0) is 15.0. The minimum absolute atomic E-state index is 0.0314. The second-order valence-electron chi connectivity index (χ2n) is 7.29. The van der Waals surface area contributed by atoms with Gasteiger partial charge in [0, 0.05) is 17.3 Å². The van der Waals surface area contributed by atoms with E-state index < -0.39 is 9.05 Å². The fourth-order valence-corrected chi connectivity index (χ4v) is 5.14. The molecule has 1 aliphatic heterocycles. The molecule has 2 fully saturated rings. The van der Waals surface area contributed by atoms with E-state index in [9.17, 15) is 8.42 Å². The van der Waals surface area contributed by atoms with E-state index in [1.54, 1.807) is 0 Å². The van der Waals surface area contributed by atoms with Crippen molar-refractivity contribution in [1.29, 1.82) is 0 Å². The minimum atomic E-state index is -3.48. The third-order valence-corrected chi connectivity index (χ3v) is 7.03. The van der Waals surface area contributed by atoms with Gasteiger partial charge in [-0.1, -0.05) is 27.2 Å². The van der Waals surface area contributed by atoms with Gasteiger partial charge < -0.3 is 4.74 Å². The molecule has 1 atom stereocenters. The lowest BCUT2D eigenvalue weighted by Crippen LogP contribution is -2.41. The van der Waals surface area contributed by atoms with Crippen molar-refractivity contribution in [3.8, 4) is 0 Å². The standard InChI is InChI=1S/C15H27ClO3S/c1-4-14(2,3)12-5-7-15(8-6-12)9-10-19-13(15)11-20(16,17)18/h12-13H,4-11H2,1-3H3. The number of hydrogen-bond acceptors (Lipinski definition) is 3. The Labute approximate surface area is 127 Å². The zero-order valence-corrected chi connectivity index (χ0v) is 14.4. The molecule has 2 rings (SSSR count). The third kappa shape index (κ3) is 3.50. The summed E-state index contributed by atoms with van der Waals surface area (Å²) >= 11 is 0. The van der Waals surface area contributed by atoms with Gasteiger partial charge in [-0.25, -0.2) is 8.42 Å². The van der Waals surface area contributed by atoms with Gasteiger partial charge in [0.15, 0.2) is 0 Å². The van der Waals surface area contributed by atoms with Gasteiger partial charge in [0.1, 0.15) is 0 Å². The fraction of sp³-hybridized carbons (Fsp3) is 1.00. The molecule has 5 heteroatoms. The van der Waals surface area contributed by atoms with Crippen LogP contribution >= 0.6 is 10.7 Å². The van der Waals surface area contributed by atoms with Crippen molar-refractivity contribution < 1.29 is 13.2 Å². The number of halogens is 1. The molecule has 1 aliphatic carbocycles. The number of rotatable bonds is 4. The Balaban J connectivity index is 2.04. The van der Waals surface area contributed by atoms with E-state index in [-0.39, 0.29) is 17.3 Å². The summed E-state index contributed by atoms with van der Waals surface area (Å²) in [5, 5.41) is 0. The molecule has 0 aromatic rings. The molecule has 1 saturated carbocycles. The van der Waals surface area contributed by atoms with E-state index in [0.29, 0.717) is 12.0 Å². The predicted molar refractivity (Wildman–Crippen MR) is 82.5 cm³/mol. The van der Waals surface area contributed by atoms with Crippen LogP contribution < -0.4 is 0 Å². The molecular weight excluding hydrogens is 296 g/mol. The van der Waals surface area contributed by atoms with E-state index in [4.69, 9.17) is 15.4 Å². The molecule has 0 amide bonds. The van der Waals surface area contributed by atoms with Gasteiger partial charge in [-0.3, -0.25) is 0 Å². The van der Waals surface area contributed by atoms with Crippen LogP contribution in [0.5, 0.6) is 0 Å². The van der Waals surface area contributed by atoms with Crippen LogP contribution in [0.2, 0.25) is 0 Å². The SMILES string of the molecule is CCC(C)(C)C1CCC2(CCOC2CS(=O)(=O)Cl)CC1. The van der Waals surface area contributed by atoms with Gasteiger partial charge in [0.2, 0.25) is 9.05 Å². The first-order valence-corrected chi connectivity index (χ1v) is 10.2. The summed E-state index contributed by atoms with van der Waals surface area (Å²) in [6, 6.07) is 0. The van der Waals surface area contributed by atoms with Crippen LogP contribution in [0.15, 0.2) is 0 Å². The molecule has 1 saturated heterocycles. The Morgan fingerprint density at radius 2 is 1.85 bits per heavy atom. The summed E-state index contributed by atoms with van der Waals surface area (Å²) < 4.78 is 28.4. The summed E-state index contributed by atoms with van der Waals surface area (Å²) in [5.74, 6) is 0.711. The van der Waals surface area contributed by atoms with Gasteiger partial charge >= 0.3 is 0 Å². The van der Waals surface area contributed by atoms with Crippen LogP contribution in [-0.4, -0.2) is 26.9 Å². The smallest absolute Gasteiger partial charge is 0.235 e. The van der Waals surface area contributed by atoms with Crippen LogP contribution in [-0.2, 0) is 13.8 Å². The van der Waals surface area contributed by atoms with Crippen LogP contribution in [0.25, 0.3) is 0 Å². The van der Waals surface area contributed by atoms with Crippen molar-refractivity contribution >= 4 is 19.7 Å². The molecule has 1 spiro atoms. The fourth-order valence-electron chi connectivity index (χ4n) is 3.98. The van der Waals surface area contributed by atoms with Crippen LogP contribution in [0.4, 0.5) is 0 Å². The van der Waals surface area contributed by atoms with Crippen molar-refractivity contribution in [3.05, 3.63) is 0 Å². The summed E-state index contributed by atoms with van der Waals surface area (Å²) in [7, 11) is 1.95. The van der Waals surface area contributed by atoms with E-state index in [1.165, 1.54) is 19.3 Å². The molecule has 1 heterocycles. The first kappa shape index (κ1) is 16.6. The van der Waals surface area contributed by atoms with Crippen LogP contribution in [0.3, 0.4) is 0 Å². The van der Waals surface area contributed by atoms with E-state index in [0.717, 1.165) is 25.2 Å². The monoisotopic (exact) mass is 322 g/mol. The lowest BCUT2D eigenvalue weighted by molar-refractivity contribution is 0.0142. The predicted octanol–water partition coefficient (Wildman–Crippen LogP) is 3.96. The molecule has 0 aromatic heterocycles. The molecule has 3 nitrogen and oxygen atoms in total. The Hall–Kier alpha value is 0.200. The summed E-state index contributed by atoms with van der Waals surface area (Å²) in [4.78, 5) is 0. The highest BCUT2D eigenvalue weighted by atomic mass is 35.7. The van der Waals surface area contributed by atoms with Crippen LogP contribution in [0, 0.1) is 16.7 Å². The van der Waals surface area contributed by atoms with Gasteiger partial charge in [0.25, 0.3) is 0 Å². The van der Waals surface area contributed by atoms with Crippen LogP contribution in [0.1, 0.15) is 59.3 Å². The topological polar surface area (TPSA) is 43.4 Å². The average Bonchev–Trinajstić information content (AvgIpc) is 2.71. The second-order valence-corrected chi connectivity index (χ2v) is 10.1. The Morgan fingerprint density at radius 1 is 1.25 bits per heavy atom. The lowest BCUT2D eigenvalue weighted by Gasteiger charge is -2.45. The first-order valence-electron chi connectivity index (χ1n) is 7.72. The Bertz CT molecular complexity index is 436. The maximum Gasteiger partial charge on any atom is 0.235 e. The second kappa shape index (κ2) is 5.77. The molecule has 20 heavy (non-hydrogen) atoms. The molecule has 1 unspecified atom stereocenters. The maximum atomic E-state index is 11.4. The van der Waals surface area contributed by atoms with Crippen molar-refractivity contribution in [2.75, 3.05) is 12.4 Å². The van der Waals surface area contributed by atoms with Gasteiger partial charge in [-0.05, 0) is 48.9 Å². The third-order valence-electron chi connectivity index (χ3n) is 5.95. The molecule has 0 N–H and O–H groups in total. The van der Waals surface area contributed by atoms with Crippen molar-refractivity contribution in [1.82, 2.24) is 0 Å². The summed E-state index contributed by atoms with van der Waals surface area (Å²) in [5.41, 5.74) is 0.442. The minimum Gasteiger partial charge on any atom is -0.377 e. The molecule has 0 radical (unpaired) electrons. The van der Waals surface area contributed by atoms with E-state index in [2.05, 4.69) is 20.8 Å². The summed E-state index contributed by atoms with van der Waals surface area (Å²) in [6.07, 6.45) is 6.52. The molecule has 0 aromatic carbocycles. The average molecular weight is 323 g/mol. The normalized spacial score (nSPS) is 35.6. The highest BCUT2D eigenvalue weighted by molar-refractivity contribution is 8.13. The first-order chi connectivity index (χ1) is 9.19. The highest BCUT2D eigenvalue weighted by Gasteiger charge is 2.48. The number of hydrogen-bond donors (Lipinski definition) is 0. The van der Waals surface area contributed by atoms with E-state index >= 15 is 0 Å². The van der Waals surface area contributed by atoms with Gasteiger partial charge in [0.05, 0.1) is 11.9 Å². The van der Waals surface area contributed by atoms with Gasteiger partial charge in [-0.15, -0.1) is 0 Å². The van der Waals surface area contributed by atoms with Crippen molar-refractivity contribution in [2.45, 2.75) is 65.4 Å². The number of ether oxygens (including phenoxy) is 1.